The Balaban J connectivity index is 2.06. The molecule has 1 N–H and O–H groups in total. The SMILES string of the molecule is COC(=O)C1CCCC1S(=O)(=O)NCc1nccn1C. The molecule has 0 aliphatic heterocycles. The Morgan fingerprint density at radius 1 is 1.55 bits per heavy atom. The van der Waals surface area contributed by atoms with Crippen LogP contribution in [0.2, 0.25) is 0 Å². The lowest BCUT2D eigenvalue weighted by molar-refractivity contribution is -0.145. The highest BCUT2D eigenvalue weighted by Gasteiger charge is 2.42. The van der Waals surface area contributed by atoms with Gasteiger partial charge in [0.15, 0.2) is 0 Å². The average molecular weight is 301 g/mol. The second-order valence-corrected chi connectivity index (χ2v) is 6.90. The quantitative estimate of drug-likeness (QED) is 0.784. The lowest BCUT2D eigenvalue weighted by Crippen LogP contribution is -2.39. The Labute approximate surface area is 118 Å². The van der Waals surface area contributed by atoms with Gasteiger partial charge in [0.25, 0.3) is 0 Å². The number of carbonyl (C=O) groups excluding carboxylic acids is 1. The van der Waals surface area contributed by atoms with Gasteiger partial charge in [-0.15, -0.1) is 0 Å². The largest absolute Gasteiger partial charge is 0.469 e. The Morgan fingerprint density at radius 2 is 2.30 bits per heavy atom. The molecule has 1 saturated carbocycles. The third-order valence-electron chi connectivity index (χ3n) is 3.71. The monoisotopic (exact) mass is 301 g/mol. The lowest BCUT2D eigenvalue weighted by atomic mass is 10.1. The zero-order valence-electron chi connectivity index (χ0n) is 11.6. The van der Waals surface area contributed by atoms with Crippen molar-refractivity contribution in [3.63, 3.8) is 0 Å². The van der Waals surface area contributed by atoms with Crippen molar-refractivity contribution in [3.05, 3.63) is 18.2 Å². The molecule has 2 unspecified atom stereocenters. The molecule has 0 amide bonds. The van der Waals surface area contributed by atoms with Crippen LogP contribution in [0, 0.1) is 5.92 Å². The number of nitrogens with zero attached hydrogens (tertiary/aromatic N) is 2. The molecule has 0 aromatic carbocycles. The zero-order chi connectivity index (χ0) is 14.8. The predicted octanol–water partition coefficient (Wildman–Crippen LogP) is 0.181. The standard InChI is InChI=1S/C12H19N3O4S/c1-15-7-6-13-11(15)8-14-20(17,18)10-5-3-4-9(10)12(16)19-2/h6-7,9-10,14H,3-5,8H2,1-2H3. The smallest absolute Gasteiger partial charge is 0.310 e. The number of rotatable bonds is 5. The van der Waals surface area contributed by atoms with Crippen LogP contribution >= 0.6 is 0 Å². The van der Waals surface area contributed by atoms with E-state index in [2.05, 4.69) is 14.4 Å². The first kappa shape index (κ1) is 15.0. The first-order chi connectivity index (χ1) is 9.45. The maximum atomic E-state index is 12.3. The van der Waals surface area contributed by atoms with E-state index in [0.29, 0.717) is 25.1 Å². The van der Waals surface area contributed by atoms with Gasteiger partial charge >= 0.3 is 5.97 Å². The van der Waals surface area contributed by atoms with E-state index in [1.54, 1.807) is 24.0 Å². The molecule has 0 bridgehead atoms. The van der Waals surface area contributed by atoms with Gasteiger partial charge < -0.3 is 9.30 Å². The number of carbonyl (C=O) groups is 1. The summed E-state index contributed by atoms with van der Waals surface area (Å²) in [4.78, 5) is 15.7. The van der Waals surface area contributed by atoms with Gasteiger partial charge in [-0.2, -0.15) is 0 Å². The Kier molecular flexibility index (Phi) is 4.44. The molecular weight excluding hydrogens is 282 g/mol. The van der Waals surface area contributed by atoms with Gasteiger partial charge in [0.05, 0.1) is 24.8 Å². The number of aryl methyl sites for hydroxylation is 1. The van der Waals surface area contributed by atoms with E-state index in [0.717, 1.165) is 0 Å². The molecular formula is C12H19N3O4S. The summed E-state index contributed by atoms with van der Waals surface area (Å²) in [6.45, 7) is 0.121. The molecule has 7 nitrogen and oxygen atoms in total. The number of imidazole rings is 1. The van der Waals surface area contributed by atoms with Crippen LogP contribution < -0.4 is 4.72 Å². The van der Waals surface area contributed by atoms with Gasteiger partial charge in [0.1, 0.15) is 5.82 Å². The maximum Gasteiger partial charge on any atom is 0.310 e. The molecule has 2 atom stereocenters. The summed E-state index contributed by atoms with van der Waals surface area (Å²) in [7, 11) is -0.483. The summed E-state index contributed by atoms with van der Waals surface area (Å²) in [6, 6.07) is 0. The normalized spacial score (nSPS) is 22.9. The predicted molar refractivity (Wildman–Crippen MR) is 72.1 cm³/mol. The Morgan fingerprint density at radius 3 is 2.90 bits per heavy atom. The van der Waals surface area contributed by atoms with Crippen molar-refractivity contribution in [1.29, 1.82) is 0 Å². The van der Waals surface area contributed by atoms with E-state index < -0.39 is 27.2 Å². The highest BCUT2D eigenvalue weighted by molar-refractivity contribution is 7.90. The van der Waals surface area contributed by atoms with Crippen molar-refractivity contribution in [2.45, 2.75) is 31.1 Å². The van der Waals surface area contributed by atoms with Crippen LogP contribution in [0.1, 0.15) is 25.1 Å². The van der Waals surface area contributed by atoms with Crippen molar-refractivity contribution >= 4 is 16.0 Å². The molecule has 8 heteroatoms. The minimum Gasteiger partial charge on any atom is -0.469 e. The molecule has 2 rings (SSSR count). The molecule has 20 heavy (non-hydrogen) atoms. The highest BCUT2D eigenvalue weighted by Crippen LogP contribution is 2.31. The minimum absolute atomic E-state index is 0.121. The summed E-state index contributed by atoms with van der Waals surface area (Å²) >= 11 is 0. The number of ether oxygens (including phenoxy) is 1. The lowest BCUT2D eigenvalue weighted by Gasteiger charge is -2.18. The first-order valence-corrected chi connectivity index (χ1v) is 8.03. The number of methoxy groups -OCH3 is 1. The highest BCUT2D eigenvalue weighted by atomic mass is 32.2. The van der Waals surface area contributed by atoms with Gasteiger partial charge in [-0.25, -0.2) is 18.1 Å². The van der Waals surface area contributed by atoms with E-state index in [1.165, 1.54) is 7.11 Å². The van der Waals surface area contributed by atoms with Crippen molar-refractivity contribution in [2.24, 2.45) is 13.0 Å². The van der Waals surface area contributed by atoms with E-state index in [1.807, 2.05) is 0 Å². The van der Waals surface area contributed by atoms with E-state index >= 15 is 0 Å². The first-order valence-electron chi connectivity index (χ1n) is 6.48. The number of nitrogens with one attached hydrogen (secondary N) is 1. The average Bonchev–Trinajstić information content (AvgIpc) is 3.04. The van der Waals surface area contributed by atoms with Crippen molar-refractivity contribution in [3.8, 4) is 0 Å². The van der Waals surface area contributed by atoms with E-state index in [4.69, 9.17) is 0 Å². The summed E-state index contributed by atoms with van der Waals surface area (Å²) in [5, 5.41) is -0.713. The number of hydrogen-bond donors (Lipinski definition) is 1. The third kappa shape index (κ3) is 3.01. The van der Waals surface area contributed by atoms with Crippen LogP contribution in [0.15, 0.2) is 12.4 Å². The zero-order valence-corrected chi connectivity index (χ0v) is 12.4. The molecule has 0 radical (unpaired) electrons. The fraction of sp³-hybridized carbons (Fsp3) is 0.667. The molecule has 1 aromatic heterocycles. The van der Waals surface area contributed by atoms with Crippen LogP contribution in [0.4, 0.5) is 0 Å². The molecule has 1 fully saturated rings. The van der Waals surface area contributed by atoms with Crippen LogP contribution in [0.3, 0.4) is 0 Å². The van der Waals surface area contributed by atoms with Crippen LogP contribution in [0.5, 0.6) is 0 Å². The summed E-state index contributed by atoms with van der Waals surface area (Å²) < 4.78 is 33.6. The van der Waals surface area contributed by atoms with Gasteiger partial charge in [-0.3, -0.25) is 4.79 Å². The molecule has 112 valence electrons. The van der Waals surface area contributed by atoms with Crippen LogP contribution in [-0.4, -0.2) is 36.3 Å². The molecule has 0 spiro atoms. The van der Waals surface area contributed by atoms with E-state index in [9.17, 15) is 13.2 Å². The van der Waals surface area contributed by atoms with Crippen molar-refractivity contribution in [1.82, 2.24) is 14.3 Å². The number of sulfonamides is 1. The summed E-state index contributed by atoms with van der Waals surface area (Å²) in [5.74, 6) is -0.394. The second kappa shape index (κ2) is 5.92. The van der Waals surface area contributed by atoms with Crippen LogP contribution in [0.25, 0.3) is 0 Å². The topological polar surface area (TPSA) is 90.3 Å². The second-order valence-electron chi connectivity index (χ2n) is 4.92. The number of esters is 1. The summed E-state index contributed by atoms with van der Waals surface area (Å²) in [5.41, 5.74) is 0. The molecule has 1 aromatic rings. The Hall–Kier alpha value is -1.41. The fourth-order valence-electron chi connectivity index (χ4n) is 2.56. The molecule has 1 aliphatic carbocycles. The molecule has 1 heterocycles. The minimum atomic E-state index is -3.56. The van der Waals surface area contributed by atoms with E-state index in [-0.39, 0.29) is 6.54 Å². The summed E-state index contributed by atoms with van der Waals surface area (Å²) in [6.07, 6.45) is 5.11. The Bertz CT molecular complexity index is 581. The van der Waals surface area contributed by atoms with Gasteiger partial charge in [0.2, 0.25) is 10.0 Å². The molecule has 0 saturated heterocycles. The molecule has 1 aliphatic rings. The third-order valence-corrected chi connectivity index (χ3v) is 5.62. The van der Waals surface area contributed by atoms with Crippen LogP contribution in [-0.2, 0) is 33.1 Å². The van der Waals surface area contributed by atoms with Gasteiger partial charge in [0, 0.05) is 19.4 Å². The number of hydrogen-bond acceptors (Lipinski definition) is 5. The van der Waals surface area contributed by atoms with Gasteiger partial charge in [-0.05, 0) is 12.8 Å². The van der Waals surface area contributed by atoms with Gasteiger partial charge in [-0.1, -0.05) is 6.42 Å². The maximum absolute atomic E-state index is 12.3. The van der Waals surface area contributed by atoms with Crippen molar-refractivity contribution < 1.29 is 17.9 Å². The number of aromatic nitrogens is 2. The van der Waals surface area contributed by atoms with Crippen molar-refractivity contribution in [2.75, 3.05) is 7.11 Å². The fourth-order valence-corrected chi connectivity index (χ4v) is 4.26.